The van der Waals surface area contributed by atoms with Crippen LogP contribution in [0.15, 0.2) is 18.2 Å². The maximum atomic E-state index is 6.22. The van der Waals surface area contributed by atoms with Gasteiger partial charge in [-0.05, 0) is 18.6 Å². The summed E-state index contributed by atoms with van der Waals surface area (Å²) < 4.78 is 10.7. The highest BCUT2D eigenvalue weighted by atomic mass is 35.5. The van der Waals surface area contributed by atoms with Gasteiger partial charge in [0, 0.05) is 29.2 Å². The summed E-state index contributed by atoms with van der Waals surface area (Å²) in [6.45, 7) is 1.53. The van der Waals surface area contributed by atoms with Crippen LogP contribution in [0.3, 0.4) is 0 Å². The Bertz CT molecular complexity index is 364. The molecule has 1 aliphatic heterocycles. The molecule has 0 radical (unpaired) electrons. The summed E-state index contributed by atoms with van der Waals surface area (Å²) in [6.07, 6.45) is 1.01. The molecule has 1 aliphatic rings. The lowest BCUT2D eigenvalue weighted by Gasteiger charge is -2.20. The van der Waals surface area contributed by atoms with Gasteiger partial charge in [-0.1, -0.05) is 17.7 Å². The van der Waals surface area contributed by atoms with E-state index in [1.54, 1.807) is 13.2 Å². The summed E-state index contributed by atoms with van der Waals surface area (Å²) in [6, 6.07) is 5.53. The Morgan fingerprint density at radius 2 is 2.38 bits per heavy atom. The molecular formula is C12H16ClNO2. The molecule has 88 valence electrons. The lowest BCUT2D eigenvalue weighted by atomic mass is 9.92. The number of nitrogens with two attached hydrogens (primary N) is 1. The minimum absolute atomic E-state index is 0.0466. The highest BCUT2D eigenvalue weighted by molar-refractivity contribution is 6.30. The molecule has 0 bridgehead atoms. The van der Waals surface area contributed by atoms with Crippen LogP contribution in [0.4, 0.5) is 0 Å². The van der Waals surface area contributed by atoms with Crippen molar-refractivity contribution in [3.05, 3.63) is 28.8 Å². The van der Waals surface area contributed by atoms with Crippen molar-refractivity contribution >= 4 is 11.6 Å². The zero-order chi connectivity index (χ0) is 11.5. The van der Waals surface area contributed by atoms with Crippen LogP contribution in [0.5, 0.6) is 5.75 Å². The molecule has 16 heavy (non-hydrogen) atoms. The first-order valence-corrected chi connectivity index (χ1v) is 5.77. The third-order valence-electron chi connectivity index (χ3n) is 3.03. The van der Waals surface area contributed by atoms with E-state index in [0.29, 0.717) is 10.9 Å². The molecule has 3 nitrogen and oxygen atoms in total. The van der Waals surface area contributed by atoms with Gasteiger partial charge in [-0.3, -0.25) is 0 Å². The van der Waals surface area contributed by atoms with E-state index >= 15 is 0 Å². The van der Waals surface area contributed by atoms with Crippen molar-refractivity contribution in [2.45, 2.75) is 12.5 Å². The second kappa shape index (κ2) is 5.04. The third kappa shape index (κ3) is 2.32. The van der Waals surface area contributed by atoms with Crippen molar-refractivity contribution < 1.29 is 9.47 Å². The maximum Gasteiger partial charge on any atom is 0.125 e. The van der Waals surface area contributed by atoms with Gasteiger partial charge in [0.25, 0.3) is 0 Å². The van der Waals surface area contributed by atoms with E-state index in [9.17, 15) is 0 Å². The van der Waals surface area contributed by atoms with Crippen LogP contribution < -0.4 is 10.5 Å². The van der Waals surface area contributed by atoms with Crippen molar-refractivity contribution in [1.82, 2.24) is 0 Å². The van der Waals surface area contributed by atoms with Crippen LogP contribution >= 0.6 is 11.6 Å². The van der Waals surface area contributed by atoms with Crippen LogP contribution in [-0.2, 0) is 4.74 Å². The van der Waals surface area contributed by atoms with Gasteiger partial charge in [0.1, 0.15) is 5.75 Å². The normalized spacial score (nSPS) is 22.1. The fourth-order valence-corrected chi connectivity index (χ4v) is 2.21. The molecule has 1 saturated heterocycles. The zero-order valence-corrected chi connectivity index (χ0v) is 10.0. The van der Waals surface area contributed by atoms with Gasteiger partial charge in [0.15, 0.2) is 0 Å². The van der Waals surface area contributed by atoms with Crippen LogP contribution in [0.25, 0.3) is 0 Å². The predicted molar refractivity (Wildman–Crippen MR) is 63.9 cm³/mol. The van der Waals surface area contributed by atoms with Crippen LogP contribution in [0, 0.1) is 5.92 Å². The number of halogens is 1. The Hall–Kier alpha value is -0.770. The average molecular weight is 242 g/mol. The molecular weight excluding hydrogens is 226 g/mol. The van der Waals surface area contributed by atoms with Gasteiger partial charge in [-0.25, -0.2) is 0 Å². The highest BCUT2D eigenvalue weighted by Crippen LogP contribution is 2.33. The van der Waals surface area contributed by atoms with Gasteiger partial charge < -0.3 is 15.2 Å². The quantitative estimate of drug-likeness (QED) is 0.884. The van der Waals surface area contributed by atoms with Crippen molar-refractivity contribution in [3.8, 4) is 5.75 Å². The average Bonchev–Trinajstić information content (AvgIpc) is 2.81. The van der Waals surface area contributed by atoms with Gasteiger partial charge in [0.2, 0.25) is 0 Å². The lowest BCUT2D eigenvalue weighted by Crippen LogP contribution is -2.22. The fraction of sp³-hybridized carbons (Fsp3) is 0.500. The molecule has 2 unspecified atom stereocenters. The lowest BCUT2D eigenvalue weighted by molar-refractivity contribution is 0.180. The molecule has 2 N–H and O–H groups in total. The molecule has 0 saturated carbocycles. The third-order valence-corrected chi connectivity index (χ3v) is 3.26. The molecule has 1 fully saturated rings. The molecule has 4 heteroatoms. The summed E-state index contributed by atoms with van der Waals surface area (Å²) in [4.78, 5) is 0. The molecule has 1 aromatic rings. The van der Waals surface area contributed by atoms with Crippen LogP contribution in [0.1, 0.15) is 18.0 Å². The smallest absolute Gasteiger partial charge is 0.125 e. The molecule has 0 aromatic heterocycles. The number of ether oxygens (including phenoxy) is 2. The molecule has 1 aromatic carbocycles. The van der Waals surface area contributed by atoms with Gasteiger partial charge in [0.05, 0.1) is 13.7 Å². The van der Waals surface area contributed by atoms with Gasteiger partial charge in [-0.2, -0.15) is 0 Å². The Balaban J connectivity index is 2.24. The Morgan fingerprint density at radius 1 is 1.56 bits per heavy atom. The largest absolute Gasteiger partial charge is 0.496 e. The number of hydrogen-bond donors (Lipinski definition) is 1. The predicted octanol–water partition coefficient (Wildman–Crippen LogP) is 2.38. The van der Waals surface area contributed by atoms with E-state index in [-0.39, 0.29) is 6.04 Å². The molecule has 1 heterocycles. The van der Waals surface area contributed by atoms with Crippen molar-refractivity contribution in [2.24, 2.45) is 11.7 Å². The van der Waals surface area contributed by atoms with E-state index < -0.39 is 0 Å². The minimum Gasteiger partial charge on any atom is -0.496 e. The van der Waals surface area contributed by atoms with Gasteiger partial charge in [-0.15, -0.1) is 0 Å². The molecule has 2 atom stereocenters. The number of hydrogen-bond acceptors (Lipinski definition) is 3. The van der Waals surface area contributed by atoms with E-state index in [1.807, 2.05) is 12.1 Å². The van der Waals surface area contributed by atoms with E-state index in [0.717, 1.165) is 30.9 Å². The first-order chi connectivity index (χ1) is 7.72. The summed E-state index contributed by atoms with van der Waals surface area (Å²) >= 11 is 5.91. The number of methoxy groups -OCH3 is 1. The number of rotatable bonds is 3. The highest BCUT2D eigenvalue weighted by Gasteiger charge is 2.26. The topological polar surface area (TPSA) is 44.5 Å². The van der Waals surface area contributed by atoms with E-state index in [1.165, 1.54) is 0 Å². The first-order valence-electron chi connectivity index (χ1n) is 5.39. The summed E-state index contributed by atoms with van der Waals surface area (Å²) in [5.74, 6) is 1.13. The Morgan fingerprint density at radius 3 is 3.00 bits per heavy atom. The SMILES string of the molecule is COc1cc(Cl)ccc1C(N)C1CCOC1. The number of benzene rings is 1. The monoisotopic (exact) mass is 241 g/mol. The van der Waals surface area contributed by atoms with E-state index in [2.05, 4.69) is 0 Å². The zero-order valence-electron chi connectivity index (χ0n) is 9.28. The summed E-state index contributed by atoms with van der Waals surface area (Å²) in [7, 11) is 1.63. The van der Waals surface area contributed by atoms with Crippen LogP contribution in [0.2, 0.25) is 5.02 Å². The van der Waals surface area contributed by atoms with Crippen molar-refractivity contribution in [1.29, 1.82) is 0 Å². The second-order valence-electron chi connectivity index (χ2n) is 4.04. The molecule has 0 aliphatic carbocycles. The standard InChI is InChI=1S/C12H16ClNO2/c1-15-11-6-9(13)2-3-10(11)12(14)8-4-5-16-7-8/h2-3,6,8,12H,4-5,7,14H2,1H3. The Kier molecular flexibility index (Phi) is 3.69. The van der Waals surface area contributed by atoms with Crippen LogP contribution in [-0.4, -0.2) is 20.3 Å². The molecule has 0 amide bonds. The van der Waals surface area contributed by atoms with E-state index in [4.69, 9.17) is 26.8 Å². The summed E-state index contributed by atoms with van der Waals surface area (Å²) in [5, 5.41) is 0.662. The first kappa shape index (κ1) is 11.7. The molecule has 0 spiro atoms. The van der Waals surface area contributed by atoms with Crippen molar-refractivity contribution in [3.63, 3.8) is 0 Å². The fourth-order valence-electron chi connectivity index (χ4n) is 2.05. The minimum atomic E-state index is -0.0466. The Labute approximate surface area is 100 Å². The van der Waals surface area contributed by atoms with Gasteiger partial charge >= 0.3 is 0 Å². The summed E-state index contributed by atoms with van der Waals surface area (Å²) in [5.41, 5.74) is 7.23. The van der Waals surface area contributed by atoms with Crippen molar-refractivity contribution in [2.75, 3.05) is 20.3 Å². The molecule has 2 rings (SSSR count). The second-order valence-corrected chi connectivity index (χ2v) is 4.47. The maximum absolute atomic E-state index is 6.22.